The van der Waals surface area contributed by atoms with E-state index in [4.69, 9.17) is 17.3 Å². The lowest BCUT2D eigenvalue weighted by Crippen LogP contribution is -2.27. The van der Waals surface area contributed by atoms with Crippen LogP contribution in [0.15, 0.2) is 17.0 Å². The average molecular weight is 344 g/mol. The average Bonchev–Trinajstić information content (AvgIpc) is 2.28. The summed E-state index contributed by atoms with van der Waals surface area (Å²) < 4.78 is 26.3. The maximum absolute atomic E-state index is 12.0. The molecule has 0 aliphatic carbocycles. The van der Waals surface area contributed by atoms with Gasteiger partial charge in [-0.05, 0) is 31.5 Å². The van der Waals surface area contributed by atoms with Crippen molar-refractivity contribution in [3.8, 4) is 0 Å². The lowest BCUT2D eigenvalue weighted by atomic mass is 10.2. The summed E-state index contributed by atoms with van der Waals surface area (Å²) in [4.78, 5) is 9.89. The summed E-state index contributed by atoms with van der Waals surface area (Å²) in [5, 5.41) is 10.7. The SMILES string of the molecule is Cc1cc(Cl)c([N+](=O)[O-])cc1S(=O)(=O)NCCCN.Cl. The summed E-state index contributed by atoms with van der Waals surface area (Å²) in [6.45, 7) is 2.05. The Hall–Kier alpha value is -0.930. The van der Waals surface area contributed by atoms with Crippen molar-refractivity contribution < 1.29 is 13.3 Å². The highest BCUT2D eigenvalue weighted by atomic mass is 35.5. The van der Waals surface area contributed by atoms with Crippen molar-refractivity contribution in [3.63, 3.8) is 0 Å². The van der Waals surface area contributed by atoms with Gasteiger partial charge >= 0.3 is 0 Å². The molecular weight excluding hydrogens is 329 g/mol. The van der Waals surface area contributed by atoms with E-state index in [1.165, 1.54) is 13.0 Å². The van der Waals surface area contributed by atoms with Crippen LogP contribution in [0.4, 0.5) is 5.69 Å². The van der Waals surface area contributed by atoms with Crippen LogP contribution in [-0.4, -0.2) is 26.4 Å². The standard InChI is InChI=1S/C10H14ClN3O4S.ClH/c1-7-5-8(11)9(14(15)16)6-10(7)19(17,18)13-4-2-3-12;/h5-6,13H,2-4,12H2,1H3;1H. The first-order valence-electron chi connectivity index (χ1n) is 5.44. The molecule has 7 nitrogen and oxygen atoms in total. The van der Waals surface area contributed by atoms with Gasteiger partial charge < -0.3 is 5.73 Å². The van der Waals surface area contributed by atoms with Crippen molar-refractivity contribution in [1.29, 1.82) is 0 Å². The van der Waals surface area contributed by atoms with E-state index in [1.54, 1.807) is 0 Å². The number of sulfonamides is 1. The van der Waals surface area contributed by atoms with E-state index in [1.807, 2.05) is 0 Å². The molecule has 0 unspecified atom stereocenters. The predicted molar refractivity (Wildman–Crippen MR) is 79.0 cm³/mol. The number of halogens is 2. The number of benzene rings is 1. The number of nitro groups is 1. The maximum Gasteiger partial charge on any atom is 0.289 e. The number of nitrogens with one attached hydrogen (secondary N) is 1. The first-order chi connectivity index (χ1) is 8.79. The largest absolute Gasteiger partial charge is 0.330 e. The summed E-state index contributed by atoms with van der Waals surface area (Å²) in [6.07, 6.45) is 0.480. The third-order valence-corrected chi connectivity index (χ3v) is 4.31. The fourth-order valence-electron chi connectivity index (χ4n) is 1.46. The summed E-state index contributed by atoms with van der Waals surface area (Å²) >= 11 is 5.70. The van der Waals surface area contributed by atoms with Gasteiger partial charge in [-0.2, -0.15) is 0 Å². The molecule has 0 fully saturated rings. The Morgan fingerprint density at radius 2 is 2.05 bits per heavy atom. The van der Waals surface area contributed by atoms with Crippen molar-refractivity contribution in [2.24, 2.45) is 5.73 Å². The molecule has 10 heteroatoms. The third-order valence-electron chi connectivity index (χ3n) is 2.40. The molecule has 20 heavy (non-hydrogen) atoms. The number of hydrogen-bond acceptors (Lipinski definition) is 5. The van der Waals surface area contributed by atoms with Gasteiger partial charge in [-0.3, -0.25) is 10.1 Å². The Labute approximate surface area is 128 Å². The molecule has 0 aromatic heterocycles. The number of nitrogens with zero attached hydrogens (tertiary/aromatic N) is 1. The lowest BCUT2D eigenvalue weighted by Gasteiger charge is -2.09. The Morgan fingerprint density at radius 3 is 2.55 bits per heavy atom. The molecule has 114 valence electrons. The number of aryl methyl sites for hydroxylation is 1. The molecule has 0 bridgehead atoms. The molecule has 1 rings (SSSR count). The molecule has 0 aliphatic rings. The van der Waals surface area contributed by atoms with Crippen LogP contribution in [0, 0.1) is 17.0 Å². The van der Waals surface area contributed by atoms with Gasteiger partial charge in [0.05, 0.1) is 9.82 Å². The van der Waals surface area contributed by atoms with Crippen LogP contribution in [0.25, 0.3) is 0 Å². The molecule has 0 radical (unpaired) electrons. The molecule has 0 saturated carbocycles. The minimum Gasteiger partial charge on any atom is -0.330 e. The van der Waals surface area contributed by atoms with E-state index in [2.05, 4.69) is 4.72 Å². The van der Waals surface area contributed by atoms with Crippen LogP contribution in [0.5, 0.6) is 0 Å². The van der Waals surface area contributed by atoms with Gasteiger partial charge in [0.2, 0.25) is 10.0 Å². The topological polar surface area (TPSA) is 115 Å². The molecule has 0 spiro atoms. The fraction of sp³-hybridized carbons (Fsp3) is 0.400. The lowest BCUT2D eigenvalue weighted by molar-refractivity contribution is -0.384. The predicted octanol–water partition coefficient (Wildman–Crippen LogP) is 1.61. The molecule has 1 aromatic carbocycles. The van der Waals surface area contributed by atoms with Gasteiger partial charge in [0, 0.05) is 12.6 Å². The number of nitrogens with two attached hydrogens (primary N) is 1. The van der Waals surface area contributed by atoms with Crippen LogP contribution < -0.4 is 10.5 Å². The molecule has 0 atom stereocenters. The zero-order chi connectivity index (χ0) is 14.6. The number of nitro benzene ring substituents is 1. The van der Waals surface area contributed by atoms with E-state index in [9.17, 15) is 18.5 Å². The fourth-order valence-corrected chi connectivity index (χ4v) is 3.06. The number of rotatable bonds is 6. The molecule has 3 N–H and O–H groups in total. The summed E-state index contributed by atoms with van der Waals surface area (Å²) in [7, 11) is -3.80. The van der Waals surface area contributed by atoms with E-state index < -0.39 is 20.6 Å². The Balaban J connectivity index is 0.00000361. The van der Waals surface area contributed by atoms with Crippen molar-refractivity contribution in [3.05, 3.63) is 32.8 Å². The molecule has 0 saturated heterocycles. The molecule has 1 aromatic rings. The van der Waals surface area contributed by atoms with Gasteiger partial charge in [0.15, 0.2) is 0 Å². The van der Waals surface area contributed by atoms with Gasteiger partial charge in [-0.15, -0.1) is 12.4 Å². The highest BCUT2D eigenvalue weighted by Gasteiger charge is 2.22. The summed E-state index contributed by atoms with van der Waals surface area (Å²) in [5.41, 5.74) is 5.17. The Morgan fingerprint density at radius 1 is 1.45 bits per heavy atom. The normalized spacial score (nSPS) is 10.9. The summed E-state index contributed by atoms with van der Waals surface area (Å²) in [6, 6.07) is 2.22. The first kappa shape index (κ1) is 19.1. The molecule has 0 amide bonds. The van der Waals surface area contributed by atoms with Crippen LogP contribution in [0.1, 0.15) is 12.0 Å². The quantitative estimate of drug-likeness (QED) is 0.462. The molecule has 0 heterocycles. The minimum absolute atomic E-state index is 0. The first-order valence-corrected chi connectivity index (χ1v) is 7.30. The van der Waals surface area contributed by atoms with E-state index in [0.29, 0.717) is 18.5 Å². The van der Waals surface area contributed by atoms with Crippen molar-refractivity contribution in [1.82, 2.24) is 4.72 Å². The third kappa shape index (κ3) is 4.57. The van der Waals surface area contributed by atoms with Crippen LogP contribution in [-0.2, 0) is 10.0 Å². The monoisotopic (exact) mass is 343 g/mol. The van der Waals surface area contributed by atoms with E-state index >= 15 is 0 Å². The van der Waals surface area contributed by atoms with Gasteiger partial charge in [-0.1, -0.05) is 11.6 Å². The molecule has 0 aliphatic heterocycles. The van der Waals surface area contributed by atoms with Crippen LogP contribution in [0.2, 0.25) is 5.02 Å². The van der Waals surface area contributed by atoms with Crippen LogP contribution in [0.3, 0.4) is 0 Å². The van der Waals surface area contributed by atoms with E-state index in [-0.39, 0.29) is 28.9 Å². The van der Waals surface area contributed by atoms with Gasteiger partial charge in [0.1, 0.15) is 5.02 Å². The van der Waals surface area contributed by atoms with Crippen molar-refractivity contribution >= 4 is 39.7 Å². The summed E-state index contributed by atoms with van der Waals surface area (Å²) in [5.74, 6) is 0. The zero-order valence-corrected chi connectivity index (χ0v) is 13.0. The Kier molecular flexibility index (Phi) is 7.39. The van der Waals surface area contributed by atoms with Gasteiger partial charge in [-0.25, -0.2) is 13.1 Å². The zero-order valence-electron chi connectivity index (χ0n) is 10.6. The Bertz CT molecular complexity index is 592. The second kappa shape index (κ2) is 7.75. The highest BCUT2D eigenvalue weighted by Crippen LogP contribution is 2.29. The van der Waals surface area contributed by atoms with E-state index in [0.717, 1.165) is 6.07 Å². The van der Waals surface area contributed by atoms with Crippen molar-refractivity contribution in [2.45, 2.75) is 18.2 Å². The van der Waals surface area contributed by atoms with Crippen molar-refractivity contribution in [2.75, 3.05) is 13.1 Å². The highest BCUT2D eigenvalue weighted by molar-refractivity contribution is 7.89. The maximum atomic E-state index is 12.0. The number of hydrogen-bond donors (Lipinski definition) is 2. The van der Waals surface area contributed by atoms with Crippen LogP contribution >= 0.6 is 24.0 Å². The second-order valence-electron chi connectivity index (χ2n) is 3.87. The minimum atomic E-state index is -3.80. The molecular formula is C10H15Cl2N3O4S. The second-order valence-corrected chi connectivity index (χ2v) is 6.01. The smallest absolute Gasteiger partial charge is 0.289 e. The van der Waals surface area contributed by atoms with Gasteiger partial charge in [0.25, 0.3) is 5.69 Å².